The molecule has 17 heavy (non-hydrogen) atoms. The lowest BCUT2D eigenvalue weighted by Gasteiger charge is -2.10. The molecule has 1 heterocycles. The normalized spacial score (nSPS) is 12.8. The van der Waals surface area contributed by atoms with Crippen molar-refractivity contribution in [3.8, 4) is 0 Å². The molecule has 1 atom stereocenters. The van der Waals surface area contributed by atoms with E-state index in [1.165, 1.54) is 11.3 Å². The minimum Gasteiger partial charge on any atom is -0.111 e. The number of hydrogen-bond donors (Lipinski definition) is 0. The molecule has 0 nitrogen and oxygen atoms in total. The van der Waals surface area contributed by atoms with Gasteiger partial charge >= 0.3 is 0 Å². The van der Waals surface area contributed by atoms with Crippen LogP contribution < -0.4 is 0 Å². The van der Waals surface area contributed by atoms with Gasteiger partial charge in [0.15, 0.2) is 0 Å². The molecule has 0 aliphatic carbocycles. The Morgan fingerprint density at radius 1 is 1.18 bits per heavy atom. The molecule has 90 valence electrons. The van der Waals surface area contributed by atoms with Crippen molar-refractivity contribution < 1.29 is 0 Å². The van der Waals surface area contributed by atoms with Crippen LogP contribution in [0.2, 0.25) is 13.7 Å². The van der Waals surface area contributed by atoms with Crippen molar-refractivity contribution in [2.75, 3.05) is 0 Å². The highest BCUT2D eigenvalue weighted by atomic mass is 79.9. The molecule has 0 bridgehead atoms. The van der Waals surface area contributed by atoms with Gasteiger partial charge in [-0.3, -0.25) is 0 Å². The number of halogens is 4. The monoisotopic (exact) mass is 368 g/mol. The molecule has 0 aliphatic heterocycles. The van der Waals surface area contributed by atoms with Gasteiger partial charge < -0.3 is 0 Å². The van der Waals surface area contributed by atoms with Crippen molar-refractivity contribution in [1.82, 2.24) is 0 Å². The van der Waals surface area contributed by atoms with Crippen LogP contribution in [-0.4, -0.2) is 0 Å². The molecule has 1 unspecified atom stereocenters. The molecular formula is C12H8BrCl3S. The van der Waals surface area contributed by atoms with Gasteiger partial charge in [0.1, 0.15) is 0 Å². The SMILES string of the molecule is Cc1cc(C(Br)c2cc(Cl)sc2Cl)ccc1Cl. The van der Waals surface area contributed by atoms with Crippen LogP contribution in [-0.2, 0) is 0 Å². The van der Waals surface area contributed by atoms with Crippen molar-refractivity contribution in [3.05, 3.63) is 54.7 Å². The van der Waals surface area contributed by atoms with Crippen LogP contribution in [0.5, 0.6) is 0 Å². The summed E-state index contributed by atoms with van der Waals surface area (Å²) in [7, 11) is 0. The van der Waals surface area contributed by atoms with Gasteiger partial charge in [-0.25, -0.2) is 0 Å². The molecule has 0 spiro atoms. The van der Waals surface area contributed by atoms with Crippen molar-refractivity contribution >= 4 is 62.1 Å². The lowest BCUT2D eigenvalue weighted by molar-refractivity contribution is 1.18. The fourth-order valence-corrected chi connectivity index (χ4v) is 4.11. The summed E-state index contributed by atoms with van der Waals surface area (Å²) in [6.45, 7) is 1.98. The molecule has 5 heteroatoms. The first kappa shape index (κ1) is 13.7. The Labute approximate surface area is 128 Å². The molecule has 0 saturated heterocycles. The highest BCUT2D eigenvalue weighted by Crippen LogP contribution is 2.42. The summed E-state index contributed by atoms with van der Waals surface area (Å²) >= 11 is 23.1. The lowest BCUT2D eigenvalue weighted by Crippen LogP contribution is -1.92. The highest BCUT2D eigenvalue weighted by molar-refractivity contribution is 9.09. The first-order valence-corrected chi connectivity index (χ1v) is 7.70. The summed E-state index contributed by atoms with van der Waals surface area (Å²) in [6.07, 6.45) is 0. The summed E-state index contributed by atoms with van der Waals surface area (Å²) in [5.74, 6) is 0. The van der Waals surface area contributed by atoms with Crippen LogP contribution in [0.3, 0.4) is 0 Å². The minimum absolute atomic E-state index is 0.0368. The fourth-order valence-electron chi connectivity index (χ4n) is 1.53. The molecule has 0 radical (unpaired) electrons. The Balaban J connectivity index is 2.40. The molecule has 0 N–H and O–H groups in total. The fraction of sp³-hybridized carbons (Fsp3) is 0.167. The van der Waals surface area contributed by atoms with Gasteiger partial charge in [-0.2, -0.15) is 0 Å². The van der Waals surface area contributed by atoms with Gasteiger partial charge in [-0.15, -0.1) is 11.3 Å². The van der Waals surface area contributed by atoms with Crippen LogP contribution in [0.1, 0.15) is 21.5 Å². The average molecular weight is 371 g/mol. The van der Waals surface area contributed by atoms with E-state index in [1.807, 2.05) is 31.2 Å². The van der Waals surface area contributed by atoms with E-state index in [-0.39, 0.29) is 4.83 Å². The number of rotatable bonds is 2. The van der Waals surface area contributed by atoms with Gasteiger partial charge in [-0.05, 0) is 30.2 Å². The number of aryl methyl sites for hydroxylation is 1. The second kappa shape index (κ2) is 5.50. The highest BCUT2D eigenvalue weighted by Gasteiger charge is 2.17. The topological polar surface area (TPSA) is 0 Å². The summed E-state index contributed by atoms with van der Waals surface area (Å²) in [5.41, 5.74) is 3.15. The van der Waals surface area contributed by atoms with Crippen LogP contribution in [0, 0.1) is 6.92 Å². The summed E-state index contributed by atoms with van der Waals surface area (Å²) < 4.78 is 1.41. The number of benzene rings is 1. The zero-order valence-corrected chi connectivity index (χ0v) is 13.5. The van der Waals surface area contributed by atoms with Crippen molar-refractivity contribution in [3.63, 3.8) is 0 Å². The van der Waals surface area contributed by atoms with Gasteiger partial charge in [0.2, 0.25) is 0 Å². The third kappa shape index (κ3) is 2.99. The van der Waals surface area contributed by atoms with E-state index in [2.05, 4.69) is 15.9 Å². The van der Waals surface area contributed by atoms with Gasteiger partial charge in [0.25, 0.3) is 0 Å². The van der Waals surface area contributed by atoms with Crippen LogP contribution in [0.15, 0.2) is 24.3 Å². The smallest absolute Gasteiger partial charge is 0.0990 e. The lowest BCUT2D eigenvalue weighted by atomic mass is 10.1. The predicted molar refractivity (Wildman–Crippen MR) is 81.3 cm³/mol. The average Bonchev–Trinajstić information content (AvgIpc) is 2.61. The maximum Gasteiger partial charge on any atom is 0.0990 e. The van der Waals surface area contributed by atoms with E-state index >= 15 is 0 Å². The van der Waals surface area contributed by atoms with Gasteiger partial charge in [-0.1, -0.05) is 62.9 Å². The third-order valence-corrected chi connectivity index (χ3v) is 5.39. The second-order valence-electron chi connectivity index (χ2n) is 3.65. The molecule has 0 saturated carbocycles. The van der Waals surface area contributed by atoms with Gasteiger partial charge in [0, 0.05) is 10.6 Å². The molecule has 0 aliphatic rings. The maximum atomic E-state index is 6.14. The Morgan fingerprint density at radius 3 is 2.41 bits per heavy atom. The molecular weight excluding hydrogens is 362 g/mol. The number of alkyl halides is 1. The summed E-state index contributed by atoms with van der Waals surface area (Å²) in [6, 6.07) is 7.81. The summed E-state index contributed by atoms with van der Waals surface area (Å²) in [5, 5.41) is 0.767. The Morgan fingerprint density at radius 2 is 1.88 bits per heavy atom. The largest absolute Gasteiger partial charge is 0.111 e. The molecule has 1 aromatic carbocycles. The third-order valence-electron chi connectivity index (χ3n) is 2.43. The first-order chi connectivity index (χ1) is 7.99. The van der Waals surface area contributed by atoms with E-state index in [9.17, 15) is 0 Å². The van der Waals surface area contributed by atoms with Crippen LogP contribution in [0.25, 0.3) is 0 Å². The number of hydrogen-bond acceptors (Lipinski definition) is 1. The van der Waals surface area contributed by atoms with E-state index in [1.54, 1.807) is 0 Å². The van der Waals surface area contributed by atoms with Crippen molar-refractivity contribution in [2.24, 2.45) is 0 Å². The van der Waals surface area contributed by atoms with E-state index in [4.69, 9.17) is 34.8 Å². The standard InChI is InChI=1S/C12H8BrCl3S/c1-6-4-7(2-3-9(6)14)11(13)8-5-10(15)17-12(8)16/h2-5,11H,1H3. The zero-order chi connectivity index (χ0) is 12.6. The molecule has 2 aromatic rings. The Bertz CT molecular complexity index is 551. The second-order valence-corrected chi connectivity index (χ2v) is 7.26. The quantitative estimate of drug-likeness (QED) is 0.529. The molecule has 0 fully saturated rings. The van der Waals surface area contributed by atoms with Crippen LogP contribution >= 0.6 is 62.1 Å². The van der Waals surface area contributed by atoms with E-state index in [0.717, 1.165) is 21.7 Å². The Hall–Kier alpha value is 0.270. The van der Waals surface area contributed by atoms with Crippen LogP contribution in [0.4, 0.5) is 0 Å². The van der Waals surface area contributed by atoms with E-state index < -0.39 is 0 Å². The van der Waals surface area contributed by atoms with Crippen molar-refractivity contribution in [1.29, 1.82) is 0 Å². The van der Waals surface area contributed by atoms with E-state index in [0.29, 0.717) is 8.67 Å². The minimum atomic E-state index is 0.0368. The Kier molecular flexibility index (Phi) is 4.43. The van der Waals surface area contributed by atoms with Crippen molar-refractivity contribution in [2.45, 2.75) is 11.8 Å². The first-order valence-electron chi connectivity index (χ1n) is 4.84. The molecule has 1 aromatic heterocycles. The zero-order valence-electron chi connectivity index (χ0n) is 8.81. The van der Waals surface area contributed by atoms with Gasteiger partial charge in [0.05, 0.1) is 13.5 Å². The number of thiophene rings is 1. The summed E-state index contributed by atoms with van der Waals surface area (Å²) in [4.78, 5) is 0.0368. The predicted octanol–water partition coefficient (Wildman–Crippen LogP) is 6.50. The molecule has 2 rings (SSSR count). The maximum absolute atomic E-state index is 6.14. The molecule has 0 amide bonds.